The van der Waals surface area contributed by atoms with E-state index in [4.69, 9.17) is 15.0 Å². The van der Waals surface area contributed by atoms with E-state index in [-0.39, 0.29) is 0 Å². The summed E-state index contributed by atoms with van der Waals surface area (Å²) in [6.07, 6.45) is 0. The van der Waals surface area contributed by atoms with Gasteiger partial charge in [-0.05, 0) is 74.1 Å². The molecule has 0 radical (unpaired) electrons. The van der Waals surface area contributed by atoms with Crippen molar-refractivity contribution in [3.05, 3.63) is 170 Å². The van der Waals surface area contributed by atoms with Gasteiger partial charge < -0.3 is 4.57 Å². The minimum atomic E-state index is 0.632. The lowest BCUT2D eigenvalue weighted by Crippen LogP contribution is -2.03. The molecule has 0 amide bonds. The zero-order chi connectivity index (χ0) is 33.5. The lowest BCUT2D eigenvalue weighted by atomic mass is 9.98. The molecule has 10 aromatic rings. The molecule has 4 nitrogen and oxygen atoms in total. The Balaban J connectivity index is 1.19. The number of nitrogens with zero attached hydrogens (tertiary/aromatic N) is 4. The van der Waals surface area contributed by atoms with Crippen LogP contribution in [0.2, 0.25) is 0 Å². The third-order valence-corrected chi connectivity index (χ3v) is 10.4. The van der Waals surface area contributed by atoms with Crippen LogP contribution in [0, 0.1) is 0 Å². The molecule has 0 atom stereocenters. The molecule has 0 saturated heterocycles. The maximum Gasteiger partial charge on any atom is 0.166 e. The Labute approximate surface area is 294 Å². The number of rotatable bonds is 4. The first-order chi connectivity index (χ1) is 25.3. The predicted octanol–water partition coefficient (Wildman–Crippen LogP) is 11.9. The first-order valence-electron chi connectivity index (χ1n) is 17.3. The molecule has 0 unspecified atom stereocenters. The van der Waals surface area contributed by atoms with Crippen LogP contribution >= 0.6 is 0 Å². The van der Waals surface area contributed by atoms with E-state index in [1.54, 1.807) is 0 Å². The smallest absolute Gasteiger partial charge is 0.166 e. The Morgan fingerprint density at radius 3 is 1.75 bits per heavy atom. The van der Waals surface area contributed by atoms with E-state index in [2.05, 4.69) is 156 Å². The third-order valence-electron chi connectivity index (χ3n) is 10.4. The van der Waals surface area contributed by atoms with Crippen molar-refractivity contribution in [1.29, 1.82) is 0 Å². The van der Waals surface area contributed by atoms with Crippen molar-refractivity contribution in [1.82, 2.24) is 19.5 Å². The molecule has 11 rings (SSSR count). The molecule has 0 spiro atoms. The van der Waals surface area contributed by atoms with E-state index in [1.165, 1.54) is 49.2 Å². The molecule has 1 aliphatic rings. The van der Waals surface area contributed by atoms with Crippen LogP contribution in [-0.4, -0.2) is 19.5 Å². The van der Waals surface area contributed by atoms with Gasteiger partial charge in [0.05, 0.1) is 16.7 Å². The fourth-order valence-electron chi connectivity index (χ4n) is 8.19. The van der Waals surface area contributed by atoms with Gasteiger partial charge in [-0.15, -0.1) is 0 Å². The molecule has 0 aliphatic heterocycles. The van der Waals surface area contributed by atoms with E-state index >= 15 is 0 Å². The first-order valence-corrected chi connectivity index (χ1v) is 17.3. The van der Waals surface area contributed by atoms with Gasteiger partial charge in [0.1, 0.15) is 0 Å². The molecule has 8 aromatic carbocycles. The molecule has 0 N–H and O–H groups in total. The van der Waals surface area contributed by atoms with Crippen molar-refractivity contribution >= 4 is 43.4 Å². The summed E-state index contributed by atoms with van der Waals surface area (Å²) in [4.78, 5) is 15.7. The van der Waals surface area contributed by atoms with Crippen LogP contribution in [0.25, 0.3) is 105 Å². The van der Waals surface area contributed by atoms with Gasteiger partial charge in [0.2, 0.25) is 0 Å². The molecule has 1 aliphatic carbocycles. The Kier molecular flexibility index (Phi) is 5.92. The van der Waals surface area contributed by atoms with E-state index in [0.29, 0.717) is 17.5 Å². The lowest BCUT2D eigenvalue weighted by Gasteiger charge is -2.15. The van der Waals surface area contributed by atoms with Gasteiger partial charge in [0.25, 0.3) is 0 Å². The average Bonchev–Trinajstić information content (AvgIpc) is 3.72. The number of hydrogen-bond donors (Lipinski definition) is 0. The molecular formula is C47H28N4. The quantitative estimate of drug-likeness (QED) is 0.191. The summed E-state index contributed by atoms with van der Waals surface area (Å²) in [5.74, 6) is 1.93. The summed E-state index contributed by atoms with van der Waals surface area (Å²) >= 11 is 0. The highest BCUT2D eigenvalue weighted by molar-refractivity contribution is 6.21. The van der Waals surface area contributed by atoms with Gasteiger partial charge in [0.15, 0.2) is 17.5 Å². The largest absolute Gasteiger partial charge is 0.308 e. The second-order valence-electron chi connectivity index (χ2n) is 13.2. The van der Waals surface area contributed by atoms with Crippen molar-refractivity contribution in [2.75, 3.05) is 0 Å². The van der Waals surface area contributed by atoms with Crippen LogP contribution in [0.1, 0.15) is 0 Å². The highest BCUT2D eigenvalue weighted by atomic mass is 15.1. The van der Waals surface area contributed by atoms with Crippen molar-refractivity contribution in [3.8, 4) is 62.1 Å². The van der Waals surface area contributed by atoms with Crippen molar-refractivity contribution in [2.24, 2.45) is 0 Å². The van der Waals surface area contributed by atoms with Gasteiger partial charge in [-0.3, -0.25) is 0 Å². The molecular weight excluding hydrogens is 621 g/mol. The van der Waals surface area contributed by atoms with Gasteiger partial charge >= 0.3 is 0 Å². The van der Waals surface area contributed by atoms with Crippen molar-refractivity contribution in [2.45, 2.75) is 0 Å². The number of fused-ring (bicyclic) bond motifs is 8. The topological polar surface area (TPSA) is 43.6 Å². The number of hydrogen-bond acceptors (Lipinski definition) is 3. The third kappa shape index (κ3) is 4.11. The first kappa shape index (κ1) is 28.0. The lowest BCUT2D eigenvalue weighted by molar-refractivity contribution is 1.07. The van der Waals surface area contributed by atoms with Crippen LogP contribution in [0.5, 0.6) is 0 Å². The Morgan fingerprint density at radius 1 is 0.314 bits per heavy atom. The van der Waals surface area contributed by atoms with Crippen molar-refractivity contribution in [3.63, 3.8) is 0 Å². The minimum absolute atomic E-state index is 0.632. The molecule has 0 fully saturated rings. The van der Waals surface area contributed by atoms with E-state index in [1.807, 2.05) is 18.2 Å². The van der Waals surface area contributed by atoms with Crippen LogP contribution in [0.3, 0.4) is 0 Å². The monoisotopic (exact) mass is 648 g/mol. The SMILES string of the molecule is c1ccc(-c2nc(-c3ccccc3-n3c4ccccc4c4c5ccccc5ccc43)nc(-c3ccc4c5c(cccc35)-c3ccccc3-4)n2)cc1. The summed E-state index contributed by atoms with van der Waals surface area (Å²) in [5, 5.41) is 7.31. The Bertz CT molecular complexity index is 3000. The van der Waals surface area contributed by atoms with Crippen LogP contribution < -0.4 is 0 Å². The Morgan fingerprint density at radius 2 is 0.902 bits per heavy atom. The molecule has 2 heterocycles. The molecule has 236 valence electrons. The normalized spacial score (nSPS) is 11.9. The summed E-state index contributed by atoms with van der Waals surface area (Å²) < 4.78 is 2.37. The van der Waals surface area contributed by atoms with Crippen molar-refractivity contribution < 1.29 is 0 Å². The predicted molar refractivity (Wildman–Crippen MR) is 210 cm³/mol. The average molecular weight is 649 g/mol. The van der Waals surface area contributed by atoms with E-state index < -0.39 is 0 Å². The van der Waals surface area contributed by atoms with Gasteiger partial charge in [-0.2, -0.15) is 0 Å². The number of benzene rings is 8. The highest BCUT2D eigenvalue weighted by Crippen LogP contribution is 2.49. The zero-order valence-electron chi connectivity index (χ0n) is 27.5. The van der Waals surface area contributed by atoms with Crippen LogP contribution in [-0.2, 0) is 0 Å². The summed E-state index contributed by atoms with van der Waals surface area (Å²) in [6, 6.07) is 60.1. The van der Waals surface area contributed by atoms with E-state index in [0.717, 1.165) is 38.8 Å². The maximum atomic E-state index is 5.32. The number of para-hydroxylation sites is 2. The zero-order valence-corrected chi connectivity index (χ0v) is 27.5. The van der Waals surface area contributed by atoms with Crippen LogP contribution in [0.4, 0.5) is 0 Å². The molecule has 0 saturated carbocycles. The summed E-state index contributed by atoms with van der Waals surface area (Å²) in [5.41, 5.74) is 11.2. The maximum absolute atomic E-state index is 5.32. The highest BCUT2D eigenvalue weighted by Gasteiger charge is 2.24. The van der Waals surface area contributed by atoms with Gasteiger partial charge in [-0.1, -0.05) is 140 Å². The molecule has 2 aromatic heterocycles. The van der Waals surface area contributed by atoms with Gasteiger partial charge in [-0.25, -0.2) is 15.0 Å². The second-order valence-corrected chi connectivity index (χ2v) is 13.2. The molecule has 0 bridgehead atoms. The minimum Gasteiger partial charge on any atom is -0.308 e. The van der Waals surface area contributed by atoms with E-state index in [9.17, 15) is 0 Å². The number of aromatic nitrogens is 4. The fraction of sp³-hybridized carbons (Fsp3) is 0. The Hall–Kier alpha value is -6.91. The second kappa shape index (κ2) is 10.8. The van der Waals surface area contributed by atoms with Gasteiger partial charge in [0, 0.05) is 27.5 Å². The standard InChI is InChI=1S/C47H28N4/c1-2-14-30(15-3-1)45-48-46(37-27-26-36-33-18-7-6-17-32(33)34-21-12-22-35(37)43(34)36)50-47(49-45)39-20-9-11-24-41(39)51-40-23-10-8-19-38(40)44-31-16-5-4-13-29(31)25-28-42(44)51/h1-28H. The summed E-state index contributed by atoms with van der Waals surface area (Å²) in [6.45, 7) is 0. The molecule has 51 heavy (non-hydrogen) atoms. The fourth-order valence-corrected chi connectivity index (χ4v) is 8.19. The summed E-state index contributed by atoms with van der Waals surface area (Å²) in [7, 11) is 0. The van der Waals surface area contributed by atoms with Crippen LogP contribution in [0.15, 0.2) is 170 Å². The molecule has 4 heteroatoms.